The van der Waals surface area contributed by atoms with Gasteiger partial charge < -0.3 is 15.7 Å². The van der Waals surface area contributed by atoms with E-state index < -0.39 is 5.97 Å². The fraction of sp³-hybridized carbons (Fsp3) is 0.312. The Morgan fingerprint density at radius 2 is 1.88 bits per heavy atom. The van der Waals surface area contributed by atoms with Crippen molar-refractivity contribution in [2.75, 3.05) is 23.7 Å². The number of carboxylic acid groups (broad SMARTS) is 1. The van der Waals surface area contributed by atoms with Crippen LogP contribution in [-0.2, 0) is 4.79 Å². The third-order valence-corrected chi connectivity index (χ3v) is 4.54. The van der Waals surface area contributed by atoms with Crippen LogP contribution in [0.5, 0.6) is 0 Å². The summed E-state index contributed by atoms with van der Waals surface area (Å²) < 4.78 is 1.60. The van der Waals surface area contributed by atoms with Gasteiger partial charge in [-0.1, -0.05) is 17.3 Å². The van der Waals surface area contributed by atoms with E-state index in [0.29, 0.717) is 43.3 Å². The molecule has 4 rings (SSSR count). The van der Waals surface area contributed by atoms with E-state index in [-0.39, 0.29) is 5.92 Å². The van der Waals surface area contributed by atoms with Gasteiger partial charge in [-0.2, -0.15) is 4.68 Å². The van der Waals surface area contributed by atoms with E-state index in [0.717, 1.165) is 11.0 Å². The van der Waals surface area contributed by atoms with Gasteiger partial charge in [0, 0.05) is 13.1 Å². The molecule has 0 spiro atoms. The Morgan fingerprint density at radius 3 is 2.64 bits per heavy atom. The van der Waals surface area contributed by atoms with Crippen molar-refractivity contribution in [2.45, 2.75) is 12.8 Å². The van der Waals surface area contributed by atoms with E-state index in [4.69, 9.17) is 10.8 Å². The van der Waals surface area contributed by atoms with Crippen molar-refractivity contribution >= 4 is 28.5 Å². The second kappa shape index (κ2) is 6.00. The van der Waals surface area contributed by atoms with Gasteiger partial charge in [0.1, 0.15) is 17.5 Å². The summed E-state index contributed by atoms with van der Waals surface area (Å²) >= 11 is 0. The molecule has 0 bridgehead atoms. The number of nitrogens with zero attached hydrogens (tertiary/aromatic N) is 6. The summed E-state index contributed by atoms with van der Waals surface area (Å²) in [6.07, 6.45) is 2.58. The first-order valence-electron chi connectivity index (χ1n) is 8.04. The van der Waals surface area contributed by atoms with Crippen LogP contribution < -0.4 is 10.6 Å². The smallest absolute Gasteiger partial charge is 0.306 e. The molecule has 1 fully saturated rings. The largest absolute Gasteiger partial charge is 0.481 e. The molecular weight excluding hydrogens is 322 g/mol. The summed E-state index contributed by atoms with van der Waals surface area (Å²) in [4.78, 5) is 21.7. The normalized spacial score (nSPS) is 15.6. The highest BCUT2D eigenvalue weighted by atomic mass is 16.4. The first-order chi connectivity index (χ1) is 12.1. The van der Waals surface area contributed by atoms with Crippen molar-refractivity contribution in [2.24, 2.45) is 5.92 Å². The standard InChI is InChI=1S/C16H17N7O2/c17-13-14(22-7-5-10(6-8-22)16(24)25)18-9-19-15(13)23-12-4-2-1-3-11(12)20-21-23/h1-4,9-10H,5-8,17H2,(H,24,25). The second-order valence-corrected chi connectivity index (χ2v) is 6.02. The lowest BCUT2D eigenvalue weighted by atomic mass is 9.97. The number of aromatic nitrogens is 5. The van der Waals surface area contributed by atoms with Gasteiger partial charge >= 0.3 is 5.97 Å². The molecule has 0 amide bonds. The van der Waals surface area contributed by atoms with Gasteiger partial charge in [-0.3, -0.25) is 4.79 Å². The summed E-state index contributed by atoms with van der Waals surface area (Å²) in [5.74, 6) is 0.0237. The Morgan fingerprint density at radius 1 is 1.16 bits per heavy atom. The van der Waals surface area contributed by atoms with Crippen LogP contribution in [0.15, 0.2) is 30.6 Å². The molecule has 1 saturated heterocycles. The Balaban J connectivity index is 1.68. The molecule has 1 aliphatic heterocycles. The van der Waals surface area contributed by atoms with Crippen LogP contribution >= 0.6 is 0 Å². The van der Waals surface area contributed by atoms with Crippen molar-refractivity contribution in [1.82, 2.24) is 25.0 Å². The Kier molecular flexibility index (Phi) is 3.68. The minimum Gasteiger partial charge on any atom is -0.481 e. The number of piperidine rings is 1. The lowest BCUT2D eigenvalue weighted by molar-refractivity contribution is -0.142. The van der Waals surface area contributed by atoms with Crippen molar-refractivity contribution < 1.29 is 9.90 Å². The first-order valence-corrected chi connectivity index (χ1v) is 8.04. The zero-order valence-corrected chi connectivity index (χ0v) is 13.4. The van der Waals surface area contributed by atoms with Gasteiger partial charge in [0.05, 0.1) is 11.4 Å². The molecule has 1 aliphatic rings. The number of nitrogens with two attached hydrogens (primary N) is 1. The first kappa shape index (κ1) is 15.3. The lowest BCUT2D eigenvalue weighted by Gasteiger charge is -2.31. The highest BCUT2D eigenvalue weighted by Crippen LogP contribution is 2.29. The molecule has 2 aromatic heterocycles. The number of carbonyl (C=O) groups is 1. The van der Waals surface area contributed by atoms with Gasteiger partial charge in [0.25, 0.3) is 0 Å². The minimum absolute atomic E-state index is 0.307. The maximum absolute atomic E-state index is 11.1. The maximum Gasteiger partial charge on any atom is 0.306 e. The molecule has 3 N–H and O–H groups in total. The predicted octanol–water partition coefficient (Wildman–Crippen LogP) is 1.09. The lowest BCUT2D eigenvalue weighted by Crippen LogP contribution is -2.37. The van der Waals surface area contributed by atoms with E-state index in [1.807, 2.05) is 29.2 Å². The molecule has 128 valence electrons. The fourth-order valence-electron chi connectivity index (χ4n) is 3.16. The van der Waals surface area contributed by atoms with E-state index >= 15 is 0 Å². The van der Waals surface area contributed by atoms with E-state index in [9.17, 15) is 4.79 Å². The monoisotopic (exact) mass is 339 g/mol. The van der Waals surface area contributed by atoms with Crippen LogP contribution in [-0.4, -0.2) is 49.1 Å². The van der Waals surface area contributed by atoms with Crippen LogP contribution in [0.2, 0.25) is 0 Å². The topological polar surface area (TPSA) is 123 Å². The summed E-state index contributed by atoms with van der Waals surface area (Å²) in [5, 5.41) is 17.4. The summed E-state index contributed by atoms with van der Waals surface area (Å²) in [5.41, 5.74) is 8.29. The number of rotatable bonds is 3. The molecule has 9 heteroatoms. The Labute approximate surface area is 143 Å². The number of hydrogen-bond acceptors (Lipinski definition) is 7. The summed E-state index contributed by atoms with van der Waals surface area (Å²) in [6, 6.07) is 7.56. The number of nitrogen functional groups attached to an aromatic ring is 1. The molecule has 3 aromatic rings. The fourth-order valence-corrected chi connectivity index (χ4v) is 3.16. The average molecular weight is 339 g/mol. The van der Waals surface area contributed by atoms with Crippen molar-refractivity contribution in [3.63, 3.8) is 0 Å². The third kappa shape index (κ3) is 2.63. The quantitative estimate of drug-likeness (QED) is 0.727. The van der Waals surface area contributed by atoms with Crippen molar-refractivity contribution in [1.29, 1.82) is 0 Å². The number of aliphatic carboxylic acids is 1. The summed E-state index contributed by atoms with van der Waals surface area (Å²) in [7, 11) is 0. The number of para-hydroxylation sites is 1. The van der Waals surface area contributed by atoms with Crippen LogP contribution in [0.25, 0.3) is 16.9 Å². The molecule has 1 aromatic carbocycles. The number of carboxylic acids is 1. The van der Waals surface area contributed by atoms with Crippen LogP contribution in [0.3, 0.4) is 0 Å². The second-order valence-electron chi connectivity index (χ2n) is 6.02. The molecule has 25 heavy (non-hydrogen) atoms. The van der Waals surface area contributed by atoms with E-state index in [2.05, 4.69) is 20.3 Å². The number of anilines is 2. The van der Waals surface area contributed by atoms with E-state index in [1.54, 1.807) is 4.68 Å². The van der Waals surface area contributed by atoms with Crippen LogP contribution in [0.1, 0.15) is 12.8 Å². The number of hydrogen-bond donors (Lipinski definition) is 2. The molecule has 0 saturated carbocycles. The van der Waals surface area contributed by atoms with Crippen LogP contribution in [0.4, 0.5) is 11.5 Å². The highest BCUT2D eigenvalue weighted by molar-refractivity contribution is 5.79. The molecule has 0 radical (unpaired) electrons. The summed E-state index contributed by atoms with van der Waals surface area (Å²) in [6.45, 7) is 1.19. The maximum atomic E-state index is 11.1. The van der Waals surface area contributed by atoms with Gasteiger partial charge in [0.2, 0.25) is 0 Å². The molecule has 9 nitrogen and oxygen atoms in total. The predicted molar refractivity (Wildman–Crippen MR) is 91.4 cm³/mol. The molecular formula is C16H17N7O2. The number of fused-ring (bicyclic) bond motifs is 1. The average Bonchev–Trinajstić information content (AvgIpc) is 3.06. The zero-order chi connectivity index (χ0) is 17.4. The molecule has 0 aliphatic carbocycles. The molecule has 0 atom stereocenters. The van der Waals surface area contributed by atoms with Crippen LogP contribution in [0, 0.1) is 5.92 Å². The molecule has 3 heterocycles. The van der Waals surface area contributed by atoms with Gasteiger partial charge in [-0.15, -0.1) is 5.10 Å². The Hall–Kier alpha value is -3.23. The SMILES string of the molecule is Nc1c(N2CCC(C(=O)O)CC2)ncnc1-n1nnc2ccccc21. The minimum atomic E-state index is -0.745. The number of benzene rings is 1. The van der Waals surface area contributed by atoms with Crippen molar-refractivity contribution in [3.8, 4) is 5.82 Å². The highest BCUT2D eigenvalue weighted by Gasteiger charge is 2.27. The van der Waals surface area contributed by atoms with E-state index in [1.165, 1.54) is 6.33 Å². The van der Waals surface area contributed by atoms with Gasteiger partial charge in [-0.25, -0.2) is 9.97 Å². The third-order valence-electron chi connectivity index (χ3n) is 4.54. The Bertz CT molecular complexity index is 931. The van der Waals surface area contributed by atoms with Gasteiger partial charge in [0.15, 0.2) is 11.6 Å². The van der Waals surface area contributed by atoms with Gasteiger partial charge in [-0.05, 0) is 25.0 Å². The zero-order valence-electron chi connectivity index (χ0n) is 13.4. The molecule has 0 unspecified atom stereocenters. The van der Waals surface area contributed by atoms with Crippen molar-refractivity contribution in [3.05, 3.63) is 30.6 Å².